The third-order valence-corrected chi connectivity index (χ3v) is 8.89. The molecule has 50 heavy (non-hydrogen) atoms. The van der Waals surface area contributed by atoms with Gasteiger partial charge in [-0.3, -0.25) is 0 Å². The standard InChI is InChI=1S/C43H44O7/c1-31-23-24-36(43(44)45-2)25-37(31)39-41(48-28-34-19-11-5-12-20-34)42(49-29-35-21-13-6-14-22-35)40(47-27-33-17-9-4-10-18-33)38(50-39)30-46-26-32-15-7-3-8-16-32/h3-25,38-42H,26-30H2,1-2H3. The molecule has 0 aromatic heterocycles. The molecule has 6 rings (SSSR count). The fourth-order valence-electron chi connectivity index (χ4n) is 6.23. The highest BCUT2D eigenvalue weighted by Crippen LogP contribution is 2.40. The summed E-state index contributed by atoms with van der Waals surface area (Å²) < 4.78 is 39.0. The van der Waals surface area contributed by atoms with E-state index in [0.717, 1.165) is 33.4 Å². The maximum atomic E-state index is 12.7. The molecule has 1 fully saturated rings. The second-order valence-corrected chi connectivity index (χ2v) is 12.4. The molecule has 1 saturated heterocycles. The fraction of sp³-hybridized carbons (Fsp3) is 0.279. The van der Waals surface area contributed by atoms with Crippen molar-refractivity contribution in [2.24, 2.45) is 0 Å². The van der Waals surface area contributed by atoms with Gasteiger partial charge in [0.2, 0.25) is 0 Å². The summed E-state index contributed by atoms with van der Waals surface area (Å²) in [6.07, 6.45) is -2.91. The molecule has 5 unspecified atom stereocenters. The number of ether oxygens (including phenoxy) is 6. The molecule has 7 heteroatoms. The zero-order valence-corrected chi connectivity index (χ0v) is 28.6. The smallest absolute Gasteiger partial charge is 0.337 e. The number of aryl methyl sites for hydroxylation is 1. The predicted molar refractivity (Wildman–Crippen MR) is 191 cm³/mol. The lowest BCUT2D eigenvalue weighted by molar-refractivity contribution is -0.275. The van der Waals surface area contributed by atoms with E-state index in [2.05, 4.69) is 0 Å². The van der Waals surface area contributed by atoms with Crippen molar-refractivity contribution in [1.29, 1.82) is 0 Å². The number of rotatable bonds is 15. The lowest BCUT2D eigenvalue weighted by atomic mass is 9.88. The molecule has 0 N–H and O–H groups in total. The fourth-order valence-corrected chi connectivity index (χ4v) is 6.23. The lowest BCUT2D eigenvalue weighted by Crippen LogP contribution is -2.58. The van der Waals surface area contributed by atoms with Gasteiger partial charge in [0.1, 0.15) is 30.5 Å². The number of carbonyl (C=O) groups excluding carboxylic acids is 1. The monoisotopic (exact) mass is 672 g/mol. The Morgan fingerprint density at radius 2 is 1.04 bits per heavy atom. The normalized spacial score (nSPS) is 20.3. The van der Waals surface area contributed by atoms with Crippen LogP contribution in [0.1, 0.15) is 49.8 Å². The minimum Gasteiger partial charge on any atom is -0.465 e. The van der Waals surface area contributed by atoms with Gasteiger partial charge in [-0.25, -0.2) is 4.79 Å². The highest BCUT2D eigenvalue weighted by molar-refractivity contribution is 5.89. The molecule has 0 aliphatic carbocycles. The Labute approximate surface area is 294 Å². The molecule has 0 spiro atoms. The zero-order chi connectivity index (χ0) is 34.5. The van der Waals surface area contributed by atoms with E-state index in [9.17, 15) is 4.79 Å². The average molecular weight is 673 g/mol. The van der Waals surface area contributed by atoms with Crippen molar-refractivity contribution in [1.82, 2.24) is 0 Å². The van der Waals surface area contributed by atoms with E-state index in [4.69, 9.17) is 28.4 Å². The summed E-state index contributed by atoms with van der Waals surface area (Å²) in [5.74, 6) is -0.424. The first-order valence-electron chi connectivity index (χ1n) is 17.0. The summed E-state index contributed by atoms with van der Waals surface area (Å²) in [6, 6.07) is 45.7. The van der Waals surface area contributed by atoms with Crippen LogP contribution in [0.2, 0.25) is 0 Å². The van der Waals surface area contributed by atoms with Crippen LogP contribution in [0.15, 0.2) is 140 Å². The van der Waals surface area contributed by atoms with E-state index >= 15 is 0 Å². The minimum atomic E-state index is -0.619. The average Bonchev–Trinajstić information content (AvgIpc) is 3.17. The lowest BCUT2D eigenvalue weighted by Gasteiger charge is -2.46. The van der Waals surface area contributed by atoms with Gasteiger partial charge in [-0.2, -0.15) is 0 Å². The van der Waals surface area contributed by atoms with E-state index in [1.165, 1.54) is 7.11 Å². The van der Waals surface area contributed by atoms with Crippen molar-refractivity contribution in [2.45, 2.75) is 63.9 Å². The topological polar surface area (TPSA) is 72.5 Å². The minimum absolute atomic E-state index is 0.247. The molecule has 1 aliphatic rings. The quantitative estimate of drug-likeness (QED) is 0.104. The molecular weight excluding hydrogens is 628 g/mol. The van der Waals surface area contributed by atoms with Crippen LogP contribution < -0.4 is 0 Å². The Bertz CT molecular complexity index is 1750. The van der Waals surface area contributed by atoms with Gasteiger partial charge >= 0.3 is 5.97 Å². The summed E-state index contributed by atoms with van der Waals surface area (Å²) in [4.78, 5) is 12.7. The van der Waals surface area contributed by atoms with Gasteiger partial charge in [-0.05, 0) is 52.4 Å². The van der Waals surface area contributed by atoms with Crippen LogP contribution in [0.3, 0.4) is 0 Å². The number of hydrogen-bond acceptors (Lipinski definition) is 7. The highest BCUT2D eigenvalue weighted by atomic mass is 16.6. The van der Waals surface area contributed by atoms with E-state index in [0.29, 0.717) is 32.0 Å². The third-order valence-electron chi connectivity index (χ3n) is 8.89. The van der Waals surface area contributed by atoms with Crippen LogP contribution in [0.5, 0.6) is 0 Å². The summed E-state index contributed by atoms with van der Waals surface area (Å²) in [6.45, 7) is 3.68. The Morgan fingerprint density at radius 3 is 1.54 bits per heavy atom. The molecule has 5 aromatic rings. The molecule has 0 amide bonds. The second kappa shape index (κ2) is 17.9. The predicted octanol–water partition coefficient (Wildman–Crippen LogP) is 8.19. The number of hydrogen-bond donors (Lipinski definition) is 0. The Morgan fingerprint density at radius 1 is 0.580 bits per heavy atom. The third kappa shape index (κ3) is 9.33. The first-order valence-corrected chi connectivity index (χ1v) is 17.0. The first-order chi connectivity index (χ1) is 24.6. The van der Waals surface area contributed by atoms with Gasteiger partial charge in [0.05, 0.1) is 45.7 Å². The number of esters is 1. The van der Waals surface area contributed by atoms with E-state index < -0.39 is 36.5 Å². The molecule has 1 heterocycles. The molecule has 258 valence electrons. The maximum absolute atomic E-state index is 12.7. The van der Waals surface area contributed by atoms with Crippen molar-refractivity contribution in [3.8, 4) is 0 Å². The number of carbonyl (C=O) groups is 1. The molecule has 1 aliphatic heterocycles. The summed E-state index contributed by atoms with van der Waals surface area (Å²) in [5.41, 5.74) is 6.33. The summed E-state index contributed by atoms with van der Waals surface area (Å²) >= 11 is 0. The van der Waals surface area contributed by atoms with Crippen LogP contribution in [0, 0.1) is 6.92 Å². The van der Waals surface area contributed by atoms with Gasteiger partial charge < -0.3 is 28.4 Å². The van der Waals surface area contributed by atoms with Gasteiger partial charge in [0, 0.05) is 0 Å². The van der Waals surface area contributed by atoms with Gasteiger partial charge in [-0.1, -0.05) is 127 Å². The summed E-state index contributed by atoms with van der Waals surface area (Å²) in [7, 11) is 1.38. The molecule has 5 aromatic carbocycles. The van der Waals surface area contributed by atoms with Crippen LogP contribution in [-0.2, 0) is 54.8 Å². The highest BCUT2D eigenvalue weighted by Gasteiger charge is 2.49. The van der Waals surface area contributed by atoms with Crippen LogP contribution >= 0.6 is 0 Å². The number of methoxy groups -OCH3 is 1. The molecule has 0 bridgehead atoms. The molecule has 5 atom stereocenters. The van der Waals surface area contributed by atoms with Crippen molar-refractivity contribution < 1.29 is 33.2 Å². The molecule has 0 saturated carbocycles. The van der Waals surface area contributed by atoms with Crippen molar-refractivity contribution >= 4 is 5.97 Å². The van der Waals surface area contributed by atoms with Crippen LogP contribution in [-0.4, -0.2) is 44.1 Å². The van der Waals surface area contributed by atoms with Gasteiger partial charge in [-0.15, -0.1) is 0 Å². The molecule has 7 nitrogen and oxygen atoms in total. The first kappa shape index (κ1) is 35.2. The largest absolute Gasteiger partial charge is 0.465 e. The Kier molecular flexibility index (Phi) is 12.6. The van der Waals surface area contributed by atoms with E-state index in [1.807, 2.05) is 140 Å². The SMILES string of the molecule is COC(=O)c1ccc(C)c(C2OC(COCc3ccccc3)C(OCc3ccccc3)C(OCc3ccccc3)C2OCc2ccccc2)c1. The second-order valence-electron chi connectivity index (χ2n) is 12.4. The van der Waals surface area contributed by atoms with Crippen LogP contribution in [0.4, 0.5) is 0 Å². The van der Waals surface area contributed by atoms with Crippen molar-refractivity contribution in [3.63, 3.8) is 0 Å². The van der Waals surface area contributed by atoms with Gasteiger partial charge in [0.25, 0.3) is 0 Å². The van der Waals surface area contributed by atoms with E-state index in [1.54, 1.807) is 6.07 Å². The van der Waals surface area contributed by atoms with Crippen molar-refractivity contribution in [2.75, 3.05) is 13.7 Å². The van der Waals surface area contributed by atoms with E-state index in [-0.39, 0.29) is 6.61 Å². The van der Waals surface area contributed by atoms with Crippen molar-refractivity contribution in [3.05, 3.63) is 178 Å². The van der Waals surface area contributed by atoms with Gasteiger partial charge in [0.15, 0.2) is 0 Å². The summed E-state index contributed by atoms with van der Waals surface area (Å²) in [5, 5.41) is 0. The number of benzene rings is 5. The van der Waals surface area contributed by atoms with Crippen LogP contribution in [0.25, 0.3) is 0 Å². The zero-order valence-electron chi connectivity index (χ0n) is 28.6. The Balaban J connectivity index is 1.39. The Hall–Kier alpha value is -4.63. The molecular formula is C43H44O7. The molecule has 0 radical (unpaired) electrons. The maximum Gasteiger partial charge on any atom is 0.337 e.